The van der Waals surface area contributed by atoms with Crippen LogP contribution in [0.5, 0.6) is 0 Å². The summed E-state index contributed by atoms with van der Waals surface area (Å²) < 4.78 is 2.09. The normalized spacial score (nSPS) is 11.3. The molecule has 0 saturated carbocycles. The second kappa shape index (κ2) is 6.70. The van der Waals surface area contributed by atoms with Crippen molar-refractivity contribution in [2.24, 2.45) is 5.10 Å². The number of thiazole rings is 1. The van der Waals surface area contributed by atoms with Crippen LogP contribution < -0.4 is 10.7 Å². The molecule has 0 atom stereocenters. The molecule has 124 valence electrons. The number of aryl methyl sites for hydroxylation is 4. The van der Waals surface area contributed by atoms with E-state index in [9.17, 15) is 0 Å². The summed E-state index contributed by atoms with van der Waals surface area (Å²) in [5.74, 6) is 0. The molecule has 2 aromatic heterocycles. The van der Waals surface area contributed by atoms with Gasteiger partial charge < -0.3 is 5.32 Å². The van der Waals surface area contributed by atoms with Crippen LogP contribution >= 0.6 is 23.6 Å². The van der Waals surface area contributed by atoms with Crippen molar-refractivity contribution in [3.05, 3.63) is 51.8 Å². The van der Waals surface area contributed by atoms with Crippen molar-refractivity contribution in [2.45, 2.75) is 27.7 Å². The topological polar surface area (TPSA) is 53.7 Å². The Morgan fingerprint density at radius 3 is 2.83 bits per heavy atom. The van der Waals surface area contributed by atoms with Crippen molar-refractivity contribution in [1.29, 1.82) is 0 Å². The van der Waals surface area contributed by atoms with Gasteiger partial charge in [-0.1, -0.05) is 17.7 Å². The fourth-order valence-electron chi connectivity index (χ4n) is 2.53. The van der Waals surface area contributed by atoms with E-state index in [1.165, 1.54) is 5.56 Å². The zero-order valence-corrected chi connectivity index (χ0v) is 15.7. The van der Waals surface area contributed by atoms with E-state index in [4.69, 9.17) is 12.2 Å². The van der Waals surface area contributed by atoms with Crippen LogP contribution in [0.25, 0.3) is 4.96 Å². The van der Waals surface area contributed by atoms with E-state index in [1.54, 1.807) is 17.6 Å². The summed E-state index contributed by atoms with van der Waals surface area (Å²) in [6, 6.07) is 6.18. The number of rotatable bonds is 3. The van der Waals surface area contributed by atoms with Crippen LogP contribution in [-0.2, 0) is 0 Å². The lowest BCUT2D eigenvalue weighted by molar-refractivity contribution is 1.04. The number of hydrogen-bond donors (Lipinski definition) is 2. The maximum Gasteiger partial charge on any atom is 0.194 e. The van der Waals surface area contributed by atoms with Gasteiger partial charge in [0.25, 0.3) is 0 Å². The smallest absolute Gasteiger partial charge is 0.194 e. The first-order chi connectivity index (χ1) is 11.5. The second-order valence-electron chi connectivity index (χ2n) is 5.72. The number of thiocarbonyl (C=S) groups is 1. The molecule has 0 saturated heterocycles. The Morgan fingerprint density at radius 1 is 1.29 bits per heavy atom. The Hall–Kier alpha value is -2.25. The third-order valence-electron chi connectivity index (χ3n) is 3.74. The van der Waals surface area contributed by atoms with Gasteiger partial charge in [-0.15, -0.1) is 11.3 Å². The fraction of sp³-hybridized carbons (Fsp3) is 0.235. The Balaban J connectivity index is 1.70. The molecule has 3 rings (SSSR count). The van der Waals surface area contributed by atoms with Crippen molar-refractivity contribution in [3.63, 3.8) is 0 Å². The molecule has 24 heavy (non-hydrogen) atoms. The van der Waals surface area contributed by atoms with Crippen LogP contribution in [0.3, 0.4) is 0 Å². The molecular weight excluding hydrogens is 338 g/mol. The van der Waals surface area contributed by atoms with Crippen LogP contribution in [-0.4, -0.2) is 20.7 Å². The molecule has 7 heteroatoms. The molecule has 5 nitrogen and oxygen atoms in total. The summed E-state index contributed by atoms with van der Waals surface area (Å²) in [6.07, 6.45) is 1.75. The fourth-order valence-corrected chi connectivity index (χ4v) is 3.61. The van der Waals surface area contributed by atoms with Gasteiger partial charge in [-0.05, 0) is 51.5 Å². The van der Waals surface area contributed by atoms with E-state index in [-0.39, 0.29) is 0 Å². The first kappa shape index (κ1) is 16.6. The molecule has 1 aromatic carbocycles. The van der Waals surface area contributed by atoms with Crippen LogP contribution in [0, 0.1) is 27.7 Å². The predicted octanol–water partition coefficient (Wildman–Crippen LogP) is 3.95. The molecule has 0 aliphatic heterocycles. The van der Waals surface area contributed by atoms with Gasteiger partial charge in [0.1, 0.15) is 0 Å². The van der Waals surface area contributed by atoms with E-state index in [0.717, 1.165) is 33.3 Å². The highest BCUT2D eigenvalue weighted by molar-refractivity contribution is 7.80. The summed E-state index contributed by atoms with van der Waals surface area (Å²) in [5, 5.41) is 9.96. The molecule has 2 N–H and O–H groups in total. The van der Waals surface area contributed by atoms with Crippen LogP contribution in [0.2, 0.25) is 0 Å². The number of nitrogens with one attached hydrogen (secondary N) is 2. The molecule has 0 aliphatic carbocycles. The molecule has 2 heterocycles. The van der Waals surface area contributed by atoms with Crippen LogP contribution in [0.1, 0.15) is 28.2 Å². The third-order valence-corrected chi connectivity index (χ3v) is 4.87. The van der Waals surface area contributed by atoms with Gasteiger partial charge in [0, 0.05) is 16.8 Å². The van der Waals surface area contributed by atoms with E-state index >= 15 is 0 Å². The number of benzene rings is 1. The Morgan fingerprint density at radius 2 is 2.08 bits per heavy atom. The summed E-state index contributed by atoms with van der Waals surface area (Å²) in [6.45, 7) is 8.15. The van der Waals surface area contributed by atoms with Gasteiger partial charge in [-0.25, -0.2) is 4.98 Å². The zero-order chi connectivity index (χ0) is 17.3. The Kier molecular flexibility index (Phi) is 4.64. The molecule has 0 spiro atoms. The first-order valence-electron chi connectivity index (χ1n) is 7.56. The largest absolute Gasteiger partial charge is 0.331 e. The molecule has 0 unspecified atom stereocenters. The molecule has 0 radical (unpaired) electrons. The van der Waals surface area contributed by atoms with E-state index in [0.29, 0.717) is 5.11 Å². The number of hydrazone groups is 1. The van der Waals surface area contributed by atoms with Crippen molar-refractivity contribution in [3.8, 4) is 0 Å². The monoisotopic (exact) mass is 357 g/mol. The maximum atomic E-state index is 5.30. The average molecular weight is 358 g/mol. The number of aromatic nitrogens is 2. The molecule has 0 fully saturated rings. The van der Waals surface area contributed by atoms with E-state index in [1.807, 2.05) is 26.0 Å². The lowest BCUT2D eigenvalue weighted by Gasteiger charge is -2.10. The number of anilines is 1. The molecule has 0 amide bonds. The summed E-state index contributed by atoms with van der Waals surface area (Å²) in [7, 11) is 0. The zero-order valence-electron chi connectivity index (χ0n) is 14.0. The Bertz CT molecular complexity index is 936. The highest BCUT2D eigenvalue weighted by atomic mass is 32.1. The summed E-state index contributed by atoms with van der Waals surface area (Å²) in [4.78, 5) is 5.51. The van der Waals surface area contributed by atoms with Gasteiger partial charge in [0.05, 0.1) is 17.6 Å². The van der Waals surface area contributed by atoms with Gasteiger partial charge >= 0.3 is 0 Å². The maximum absolute atomic E-state index is 5.30. The molecule has 0 bridgehead atoms. The van der Waals surface area contributed by atoms with Gasteiger partial charge in [-0.2, -0.15) is 5.10 Å². The quantitative estimate of drug-likeness (QED) is 0.423. The van der Waals surface area contributed by atoms with Gasteiger partial charge in [0.2, 0.25) is 0 Å². The minimum Gasteiger partial charge on any atom is -0.331 e. The highest BCUT2D eigenvalue weighted by Crippen LogP contribution is 2.19. The summed E-state index contributed by atoms with van der Waals surface area (Å²) >= 11 is 6.93. The first-order valence-corrected chi connectivity index (χ1v) is 8.85. The minimum absolute atomic E-state index is 0.457. The molecule has 3 aromatic rings. The van der Waals surface area contributed by atoms with Gasteiger partial charge in [0.15, 0.2) is 10.1 Å². The SMILES string of the molecule is Cc1ccc(NC(=S)N/N=C\c2c(C)nc3scc(C)n23)c(C)c1. The summed E-state index contributed by atoms with van der Waals surface area (Å²) in [5.41, 5.74) is 9.27. The number of imidazole rings is 1. The highest BCUT2D eigenvalue weighted by Gasteiger charge is 2.10. The van der Waals surface area contributed by atoms with Crippen molar-refractivity contribution < 1.29 is 0 Å². The van der Waals surface area contributed by atoms with Crippen LogP contribution in [0.4, 0.5) is 5.69 Å². The van der Waals surface area contributed by atoms with E-state index < -0.39 is 0 Å². The lowest BCUT2D eigenvalue weighted by atomic mass is 10.1. The number of fused-ring (bicyclic) bond motifs is 1. The van der Waals surface area contributed by atoms with Crippen molar-refractivity contribution in [1.82, 2.24) is 14.8 Å². The minimum atomic E-state index is 0.457. The predicted molar refractivity (Wildman–Crippen MR) is 105 cm³/mol. The van der Waals surface area contributed by atoms with Crippen molar-refractivity contribution in [2.75, 3.05) is 5.32 Å². The lowest BCUT2D eigenvalue weighted by Crippen LogP contribution is -2.24. The average Bonchev–Trinajstić information content (AvgIpc) is 3.02. The molecular formula is C17H19N5S2. The van der Waals surface area contributed by atoms with Crippen LogP contribution in [0.15, 0.2) is 28.7 Å². The molecule has 0 aliphatic rings. The second-order valence-corrected chi connectivity index (χ2v) is 6.96. The number of nitrogens with zero attached hydrogens (tertiary/aromatic N) is 3. The third kappa shape index (κ3) is 3.32. The van der Waals surface area contributed by atoms with E-state index in [2.05, 4.69) is 50.5 Å². The van der Waals surface area contributed by atoms with Crippen molar-refractivity contribution >= 4 is 45.5 Å². The standard InChI is InChI=1S/C17H19N5S2/c1-10-5-6-14(11(2)7-10)20-16(23)21-18-8-15-13(4)19-17-22(15)12(3)9-24-17/h5-9H,1-4H3,(H2,20,21,23)/b18-8-. The van der Waals surface area contributed by atoms with Gasteiger partial charge in [-0.3, -0.25) is 9.83 Å². The number of hydrogen-bond acceptors (Lipinski definition) is 4. The Labute approximate surface area is 150 Å².